The number of halogens is 1. The molecule has 0 unspecified atom stereocenters. The van der Waals surface area contributed by atoms with E-state index in [4.69, 9.17) is 16.9 Å². The van der Waals surface area contributed by atoms with E-state index in [1.807, 2.05) is 30.1 Å². The summed E-state index contributed by atoms with van der Waals surface area (Å²) in [7, 11) is 1.94. The maximum absolute atomic E-state index is 8.73. The van der Waals surface area contributed by atoms with Crippen LogP contribution in [0.3, 0.4) is 0 Å². The van der Waals surface area contributed by atoms with E-state index in [0.29, 0.717) is 10.7 Å². The van der Waals surface area contributed by atoms with Crippen LogP contribution in [0.4, 0.5) is 11.4 Å². The first-order valence-corrected chi connectivity index (χ1v) is 5.44. The van der Waals surface area contributed by atoms with Crippen LogP contribution in [-0.2, 0) is 0 Å². The number of nitriles is 1. The van der Waals surface area contributed by atoms with Crippen LogP contribution < -0.4 is 4.90 Å². The molecular weight excluding hydrogens is 234 g/mol. The number of hydrogen-bond donors (Lipinski definition) is 0. The number of rotatable bonds is 2. The highest BCUT2D eigenvalue weighted by Crippen LogP contribution is 2.24. The first kappa shape index (κ1) is 11.4. The monoisotopic (exact) mass is 243 g/mol. The van der Waals surface area contributed by atoms with E-state index in [2.05, 4.69) is 11.1 Å². The molecule has 0 aliphatic rings. The van der Waals surface area contributed by atoms with Crippen molar-refractivity contribution in [2.45, 2.75) is 0 Å². The second-order valence-corrected chi connectivity index (χ2v) is 3.94. The molecule has 1 aromatic carbocycles. The quantitative estimate of drug-likeness (QED) is 0.760. The van der Waals surface area contributed by atoms with Gasteiger partial charge in [0.1, 0.15) is 5.15 Å². The zero-order chi connectivity index (χ0) is 12.3. The molecule has 1 aromatic heterocycles. The fourth-order valence-corrected chi connectivity index (χ4v) is 1.68. The first-order valence-electron chi connectivity index (χ1n) is 5.06. The second kappa shape index (κ2) is 4.86. The van der Waals surface area contributed by atoms with Gasteiger partial charge in [0.25, 0.3) is 0 Å². The molecule has 4 heteroatoms. The summed E-state index contributed by atoms with van der Waals surface area (Å²) in [6, 6.07) is 13.1. The van der Waals surface area contributed by atoms with Gasteiger partial charge < -0.3 is 4.90 Å². The second-order valence-electron chi connectivity index (χ2n) is 3.55. The van der Waals surface area contributed by atoms with E-state index < -0.39 is 0 Å². The molecule has 1 heterocycles. The largest absolute Gasteiger partial charge is 0.344 e. The summed E-state index contributed by atoms with van der Waals surface area (Å²) in [5.41, 5.74) is 2.59. The fraction of sp³-hybridized carbons (Fsp3) is 0.0769. The third-order valence-electron chi connectivity index (χ3n) is 2.48. The Morgan fingerprint density at radius 2 is 1.88 bits per heavy atom. The number of nitrogens with zero attached hydrogens (tertiary/aromatic N) is 3. The summed E-state index contributed by atoms with van der Waals surface area (Å²) in [4.78, 5) is 5.92. The van der Waals surface area contributed by atoms with Crippen LogP contribution in [0.5, 0.6) is 0 Å². The Morgan fingerprint density at radius 3 is 2.47 bits per heavy atom. The van der Waals surface area contributed by atoms with Crippen LogP contribution in [0.15, 0.2) is 42.6 Å². The molecule has 0 spiro atoms. The Labute approximate surface area is 105 Å². The van der Waals surface area contributed by atoms with E-state index in [1.54, 1.807) is 24.4 Å². The molecule has 0 aliphatic heterocycles. The van der Waals surface area contributed by atoms with Crippen molar-refractivity contribution >= 4 is 23.0 Å². The molecule has 3 nitrogen and oxygen atoms in total. The van der Waals surface area contributed by atoms with E-state index in [-0.39, 0.29) is 0 Å². The highest BCUT2D eigenvalue weighted by atomic mass is 35.5. The van der Waals surface area contributed by atoms with E-state index in [0.717, 1.165) is 11.4 Å². The lowest BCUT2D eigenvalue weighted by atomic mass is 10.2. The van der Waals surface area contributed by atoms with E-state index in [9.17, 15) is 0 Å². The summed E-state index contributed by atoms with van der Waals surface area (Å²) in [5, 5.41) is 9.19. The molecule has 0 atom stereocenters. The number of benzene rings is 1. The Bertz CT molecular complexity index is 558. The molecule has 0 saturated carbocycles. The minimum atomic E-state index is 0.461. The van der Waals surface area contributed by atoms with Crippen molar-refractivity contribution in [2.24, 2.45) is 0 Å². The van der Waals surface area contributed by atoms with Gasteiger partial charge in [-0.15, -0.1) is 0 Å². The summed E-state index contributed by atoms with van der Waals surface area (Å²) >= 11 is 5.84. The topological polar surface area (TPSA) is 39.9 Å². The fourth-order valence-electron chi connectivity index (χ4n) is 1.51. The Hall–Kier alpha value is -2.05. The van der Waals surface area contributed by atoms with Gasteiger partial charge >= 0.3 is 0 Å². The van der Waals surface area contributed by atoms with Crippen LogP contribution in [0.1, 0.15) is 5.56 Å². The van der Waals surface area contributed by atoms with Gasteiger partial charge in [-0.25, -0.2) is 4.98 Å². The van der Waals surface area contributed by atoms with Crippen LogP contribution in [0.2, 0.25) is 5.15 Å². The first-order chi connectivity index (χ1) is 8.20. The number of pyridine rings is 1. The number of anilines is 2. The van der Waals surface area contributed by atoms with Crippen LogP contribution in [0, 0.1) is 11.3 Å². The van der Waals surface area contributed by atoms with Gasteiger partial charge in [0, 0.05) is 24.6 Å². The molecule has 0 bridgehead atoms. The summed E-state index contributed by atoms with van der Waals surface area (Å²) in [6.07, 6.45) is 1.66. The minimum absolute atomic E-state index is 0.461. The lowest BCUT2D eigenvalue weighted by Gasteiger charge is -2.19. The van der Waals surface area contributed by atoms with Crippen molar-refractivity contribution < 1.29 is 0 Å². The predicted molar refractivity (Wildman–Crippen MR) is 68.5 cm³/mol. The van der Waals surface area contributed by atoms with Crippen LogP contribution in [-0.4, -0.2) is 12.0 Å². The smallest absolute Gasteiger partial charge is 0.131 e. The summed E-state index contributed by atoms with van der Waals surface area (Å²) in [5.74, 6) is 0. The average Bonchev–Trinajstić information content (AvgIpc) is 2.38. The van der Waals surface area contributed by atoms with Crippen LogP contribution in [0.25, 0.3) is 0 Å². The minimum Gasteiger partial charge on any atom is -0.344 e. The molecule has 0 saturated heterocycles. The number of aromatic nitrogens is 1. The highest BCUT2D eigenvalue weighted by Gasteiger charge is 2.04. The van der Waals surface area contributed by atoms with E-state index >= 15 is 0 Å². The molecule has 2 rings (SSSR count). The molecule has 17 heavy (non-hydrogen) atoms. The lowest BCUT2D eigenvalue weighted by molar-refractivity contribution is 1.19. The molecular formula is C13H10ClN3. The highest BCUT2D eigenvalue weighted by molar-refractivity contribution is 6.29. The zero-order valence-corrected chi connectivity index (χ0v) is 10.0. The average molecular weight is 244 g/mol. The van der Waals surface area contributed by atoms with Crippen molar-refractivity contribution in [2.75, 3.05) is 11.9 Å². The third kappa shape index (κ3) is 2.55. The van der Waals surface area contributed by atoms with Gasteiger partial charge in [0.2, 0.25) is 0 Å². The molecule has 0 amide bonds. The van der Waals surface area contributed by atoms with Gasteiger partial charge in [-0.3, -0.25) is 0 Å². The van der Waals surface area contributed by atoms with Crippen molar-refractivity contribution in [1.82, 2.24) is 4.98 Å². The maximum atomic E-state index is 8.73. The lowest BCUT2D eigenvalue weighted by Crippen LogP contribution is -2.09. The molecule has 0 aliphatic carbocycles. The Morgan fingerprint density at radius 1 is 1.18 bits per heavy atom. The van der Waals surface area contributed by atoms with Crippen LogP contribution >= 0.6 is 11.6 Å². The summed E-state index contributed by atoms with van der Waals surface area (Å²) in [6.45, 7) is 0. The van der Waals surface area contributed by atoms with Gasteiger partial charge in [-0.05, 0) is 36.4 Å². The SMILES string of the molecule is CN(c1ccc(C#N)cc1)c1ccnc(Cl)c1. The Balaban J connectivity index is 2.30. The summed E-state index contributed by atoms with van der Waals surface area (Å²) < 4.78 is 0. The standard InChI is InChI=1S/C13H10ClN3/c1-17(12-6-7-16-13(14)8-12)11-4-2-10(9-15)3-5-11/h2-8H,1H3. The van der Waals surface area contributed by atoms with Gasteiger partial charge in [-0.1, -0.05) is 11.6 Å². The molecule has 84 valence electrons. The third-order valence-corrected chi connectivity index (χ3v) is 2.69. The molecule has 2 aromatic rings. The maximum Gasteiger partial charge on any atom is 0.131 e. The van der Waals surface area contributed by atoms with Crippen molar-refractivity contribution in [1.29, 1.82) is 5.26 Å². The van der Waals surface area contributed by atoms with Gasteiger partial charge in [0.05, 0.1) is 11.6 Å². The normalized spacial score (nSPS) is 9.71. The van der Waals surface area contributed by atoms with Crippen molar-refractivity contribution in [3.05, 3.63) is 53.3 Å². The van der Waals surface area contributed by atoms with E-state index in [1.165, 1.54) is 0 Å². The molecule has 0 fully saturated rings. The van der Waals surface area contributed by atoms with Crippen molar-refractivity contribution in [3.8, 4) is 6.07 Å². The van der Waals surface area contributed by atoms with Gasteiger partial charge in [0.15, 0.2) is 0 Å². The predicted octanol–water partition coefficient (Wildman–Crippen LogP) is 3.37. The number of hydrogen-bond acceptors (Lipinski definition) is 3. The zero-order valence-electron chi connectivity index (χ0n) is 9.26. The Kier molecular flexibility index (Phi) is 3.27. The van der Waals surface area contributed by atoms with Crippen molar-refractivity contribution in [3.63, 3.8) is 0 Å². The molecule has 0 radical (unpaired) electrons. The van der Waals surface area contributed by atoms with Gasteiger partial charge in [-0.2, -0.15) is 5.26 Å². The molecule has 0 N–H and O–H groups in total.